The predicted molar refractivity (Wildman–Crippen MR) is 87.5 cm³/mol. The monoisotopic (exact) mass is 327 g/mol. The van der Waals surface area contributed by atoms with E-state index >= 15 is 0 Å². The number of benzene rings is 1. The minimum atomic E-state index is -0.152. The van der Waals surface area contributed by atoms with Crippen molar-refractivity contribution in [3.63, 3.8) is 0 Å². The van der Waals surface area contributed by atoms with E-state index in [9.17, 15) is 4.79 Å². The smallest absolute Gasteiger partial charge is 0.271 e. The van der Waals surface area contributed by atoms with Crippen molar-refractivity contribution in [3.8, 4) is 0 Å². The number of imidazole rings is 1. The highest BCUT2D eigenvalue weighted by Gasteiger charge is 2.26. The normalized spacial score (nSPS) is 23.0. The second-order valence-electron chi connectivity index (χ2n) is 6.25. The van der Waals surface area contributed by atoms with Crippen molar-refractivity contribution in [2.24, 2.45) is 0 Å². The van der Waals surface area contributed by atoms with Gasteiger partial charge < -0.3 is 19.4 Å². The average Bonchev–Trinajstić information content (AvgIpc) is 3.29. The zero-order valence-corrected chi connectivity index (χ0v) is 13.5. The van der Waals surface area contributed by atoms with Crippen molar-refractivity contribution in [1.82, 2.24) is 14.9 Å². The van der Waals surface area contributed by atoms with Crippen LogP contribution in [0.3, 0.4) is 0 Å². The summed E-state index contributed by atoms with van der Waals surface area (Å²) in [5.74, 6) is -0.152. The summed E-state index contributed by atoms with van der Waals surface area (Å²) in [7, 11) is 0. The summed E-state index contributed by atoms with van der Waals surface area (Å²) in [5.41, 5.74) is 2.44. The Hall–Kier alpha value is -2.18. The zero-order chi connectivity index (χ0) is 16.4. The van der Waals surface area contributed by atoms with Crippen LogP contribution in [0.2, 0.25) is 0 Å². The van der Waals surface area contributed by atoms with Crippen LogP contribution in [0.25, 0.3) is 0 Å². The molecule has 1 saturated heterocycles. The molecular weight excluding hydrogens is 306 g/mol. The number of aromatic nitrogens is 2. The first kappa shape index (κ1) is 15.4. The molecule has 3 heterocycles. The molecule has 6 nitrogen and oxygen atoms in total. The number of hydrogen-bond acceptors (Lipinski definition) is 4. The Morgan fingerprint density at radius 1 is 1.29 bits per heavy atom. The first-order valence-electron chi connectivity index (χ1n) is 8.41. The molecular formula is C18H21N3O3. The van der Waals surface area contributed by atoms with Gasteiger partial charge in [0.15, 0.2) is 5.69 Å². The third-order valence-corrected chi connectivity index (χ3v) is 4.63. The van der Waals surface area contributed by atoms with Gasteiger partial charge in [0.2, 0.25) is 0 Å². The van der Waals surface area contributed by atoms with Crippen molar-refractivity contribution in [3.05, 3.63) is 53.6 Å². The van der Waals surface area contributed by atoms with E-state index in [-0.39, 0.29) is 18.1 Å². The van der Waals surface area contributed by atoms with Crippen LogP contribution in [0.15, 0.2) is 36.7 Å². The van der Waals surface area contributed by atoms with Gasteiger partial charge >= 0.3 is 0 Å². The SMILES string of the molecule is O=C(NC[C@H]1CCCO1)c1ncn2c1CO[C@@H](c1ccccc1)C2. The number of nitrogens with one attached hydrogen (secondary N) is 1. The lowest BCUT2D eigenvalue weighted by atomic mass is 10.1. The van der Waals surface area contributed by atoms with E-state index in [1.165, 1.54) is 0 Å². The summed E-state index contributed by atoms with van der Waals surface area (Å²) in [6.07, 6.45) is 3.93. The van der Waals surface area contributed by atoms with E-state index in [4.69, 9.17) is 9.47 Å². The molecule has 1 aromatic heterocycles. The van der Waals surface area contributed by atoms with Crippen molar-refractivity contribution >= 4 is 5.91 Å². The van der Waals surface area contributed by atoms with Gasteiger partial charge in [-0.05, 0) is 18.4 Å². The quantitative estimate of drug-likeness (QED) is 0.933. The van der Waals surface area contributed by atoms with Crippen LogP contribution in [0.5, 0.6) is 0 Å². The fourth-order valence-electron chi connectivity index (χ4n) is 3.28. The maximum Gasteiger partial charge on any atom is 0.271 e. The highest BCUT2D eigenvalue weighted by atomic mass is 16.5. The summed E-state index contributed by atoms with van der Waals surface area (Å²) in [5, 5.41) is 2.92. The van der Waals surface area contributed by atoms with Gasteiger partial charge in [0.05, 0.1) is 31.3 Å². The Balaban J connectivity index is 1.43. The molecule has 0 aliphatic carbocycles. The number of hydrogen-bond donors (Lipinski definition) is 1. The fourth-order valence-corrected chi connectivity index (χ4v) is 3.28. The van der Waals surface area contributed by atoms with Crippen LogP contribution < -0.4 is 5.32 Å². The third kappa shape index (κ3) is 3.07. The number of ether oxygens (including phenoxy) is 2. The number of nitrogens with zero attached hydrogens (tertiary/aromatic N) is 2. The van der Waals surface area contributed by atoms with Gasteiger partial charge in [-0.15, -0.1) is 0 Å². The molecule has 2 atom stereocenters. The molecule has 2 aliphatic heterocycles. The third-order valence-electron chi connectivity index (χ3n) is 4.63. The number of carbonyl (C=O) groups excluding carboxylic acids is 1. The Labute approximate surface area is 140 Å². The number of rotatable bonds is 4. The van der Waals surface area contributed by atoms with Gasteiger partial charge in [-0.1, -0.05) is 30.3 Å². The van der Waals surface area contributed by atoms with Crippen LogP contribution in [0.4, 0.5) is 0 Å². The maximum absolute atomic E-state index is 12.4. The van der Waals surface area contributed by atoms with Crippen LogP contribution in [-0.4, -0.2) is 34.7 Å². The molecule has 0 spiro atoms. The molecule has 24 heavy (non-hydrogen) atoms. The Morgan fingerprint density at radius 2 is 2.17 bits per heavy atom. The van der Waals surface area contributed by atoms with Gasteiger partial charge in [0, 0.05) is 13.2 Å². The summed E-state index contributed by atoms with van der Waals surface area (Å²) < 4.78 is 13.5. The number of carbonyl (C=O) groups is 1. The van der Waals surface area contributed by atoms with E-state index in [2.05, 4.69) is 22.4 Å². The lowest BCUT2D eigenvalue weighted by molar-refractivity contribution is 0.00256. The molecule has 0 bridgehead atoms. The molecule has 2 aromatic rings. The molecule has 1 amide bonds. The maximum atomic E-state index is 12.4. The molecule has 0 saturated carbocycles. The minimum Gasteiger partial charge on any atom is -0.376 e. The van der Waals surface area contributed by atoms with Gasteiger partial charge in [-0.2, -0.15) is 0 Å². The Bertz CT molecular complexity index is 708. The van der Waals surface area contributed by atoms with Crippen molar-refractivity contribution in [1.29, 1.82) is 0 Å². The lowest BCUT2D eigenvalue weighted by Crippen LogP contribution is -2.33. The van der Waals surface area contributed by atoms with Crippen molar-refractivity contribution in [2.75, 3.05) is 13.2 Å². The highest BCUT2D eigenvalue weighted by Crippen LogP contribution is 2.27. The molecule has 6 heteroatoms. The standard InChI is InChI=1S/C18H21N3O3/c22-18(19-9-14-7-4-8-23-14)17-15-11-24-16(10-21(15)12-20-17)13-5-2-1-3-6-13/h1-3,5-6,12,14,16H,4,7-11H2,(H,19,22)/t14-,16-/m1/s1. The predicted octanol–water partition coefficient (Wildman–Crippen LogP) is 2.06. The largest absolute Gasteiger partial charge is 0.376 e. The first-order chi connectivity index (χ1) is 11.8. The second kappa shape index (κ2) is 6.75. The van der Waals surface area contributed by atoms with Crippen LogP contribution in [-0.2, 0) is 22.6 Å². The summed E-state index contributed by atoms with van der Waals surface area (Å²) >= 11 is 0. The highest BCUT2D eigenvalue weighted by molar-refractivity contribution is 5.93. The molecule has 0 radical (unpaired) electrons. The van der Waals surface area contributed by atoms with Crippen LogP contribution >= 0.6 is 0 Å². The first-order valence-corrected chi connectivity index (χ1v) is 8.41. The molecule has 1 aromatic carbocycles. The van der Waals surface area contributed by atoms with Crippen molar-refractivity contribution in [2.45, 2.75) is 38.2 Å². The zero-order valence-electron chi connectivity index (χ0n) is 13.5. The van der Waals surface area contributed by atoms with E-state index < -0.39 is 0 Å². The number of amides is 1. The molecule has 1 fully saturated rings. The van der Waals surface area contributed by atoms with Gasteiger partial charge in [-0.3, -0.25) is 4.79 Å². The fraction of sp³-hybridized carbons (Fsp3) is 0.444. The molecule has 126 valence electrons. The van der Waals surface area contributed by atoms with Gasteiger partial charge in [-0.25, -0.2) is 4.98 Å². The lowest BCUT2D eigenvalue weighted by Gasteiger charge is -2.25. The van der Waals surface area contributed by atoms with Crippen LogP contribution in [0, 0.1) is 0 Å². The van der Waals surface area contributed by atoms with Gasteiger partial charge in [0.25, 0.3) is 5.91 Å². The number of fused-ring (bicyclic) bond motifs is 1. The Kier molecular flexibility index (Phi) is 4.32. The van der Waals surface area contributed by atoms with E-state index in [0.717, 1.165) is 30.7 Å². The van der Waals surface area contributed by atoms with E-state index in [1.54, 1.807) is 6.33 Å². The summed E-state index contributed by atoms with van der Waals surface area (Å²) in [6.45, 7) is 2.39. The van der Waals surface area contributed by atoms with Crippen LogP contribution in [0.1, 0.15) is 40.7 Å². The van der Waals surface area contributed by atoms with Crippen molar-refractivity contribution < 1.29 is 14.3 Å². The minimum absolute atomic E-state index is 0.00398. The van der Waals surface area contributed by atoms with E-state index in [1.807, 2.05) is 22.8 Å². The molecule has 4 rings (SSSR count). The summed E-state index contributed by atoms with van der Waals surface area (Å²) in [6, 6.07) is 10.1. The molecule has 0 unspecified atom stereocenters. The molecule has 1 N–H and O–H groups in total. The Morgan fingerprint density at radius 3 is 2.96 bits per heavy atom. The summed E-state index contributed by atoms with van der Waals surface area (Å²) in [4.78, 5) is 16.7. The topological polar surface area (TPSA) is 65.4 Å². The second-order valence-corrected chi connectivity index (χ2v) is 6.25. The van der Waals surface area contributed by atoms with Gasteiger partial charge in [0.1, 0.15) is 6.10 Å². The average molecular weight is 327 g/mol. The van der Waals surface area contributed by atoms with E-state index in [0.29, 0.717) is 25.4 Å². The molecule has 2 aliphatic rings.